The van der Waals surface area contributed by atoms with Crippen LogP contribution in [0.5, 0.6) is 0 Å². The number of furan rings is 1. The molecule has 0 atom stereocenters. The lowest BCUT2D eigenvalue weighted by Crippen LogP contribution is -2.14. The van der Waals surface area contributed by atoms with Gasteiger partial charge in [0.15, 0.2) is 0 Å². The van der Waals surface area contributed by atoms with Gasteiger partial charge in [-0.3, -0.25) is 0 Å². The fourth-order valence-electron chi connectivity index (χ4n) is 9.29. The quantitative estimate of drug-likeness (QED) is 0.161. The summed E-state index contributed by atoms with van der Waals surface area (Å²) in [6.45, 7) is 4.67. The second-order valence-corrected chi connectivity index (χ2v) is 16.1. The Bertz CT molecular complexity index is 3170. The number of para-hydroxylation sites is 1. The monoisotopic (exact) mass is 755 g/mol. The Kier molecular flexibility index (Phi) is 8.20. The van der Waals surface area contributed by atoms with Crippen LogP contribution in [0.2, 0.25) is 0 Å². The zero-order chi connectivity index (χ0) is 39.5. The van der Waals surface area contributed by atoms with Crippen LogP contribution in [0.1, 0.15) is 25.0 Å². The van der Waals surface area contributed by atoms with Gasteiger partial charge in [-0.15, -0.1) is 0 Å². The molecule has 0 saturated heterocycles. The summed E-state index contributed by atoms with van der Waals surface area (Å²) in [5.41, 5.74) is 20.0. The van der Waals surface area contributed by atoms with Gasteiger partial charge in [0.1, 0.15) is 11.2 Å². The lowest BCUT2D eigenvalue weighted by molar-refractivity contribution is 0.660. The molecule has 2 heteroatoms. The number of fused-ring (bicyclic) bond motifs is 6. The molecule has 0 N–H and O–H groups in total. The molecule has 0 fully saturated rings. The number of hydrogen-bond acceptors (Lipinski definition) is 2. The molecule has 9 aromatic carbocycles. The van der Waals surface area contributed by atoms with Crippen LogP contribution in [-0.2, 0) is 5.41 Å². The minimum atomic E-state index is -0.0104. The molecule has 11 rings (SSSR count). The van der Waals surface area contributed by atoms with Gasteiger partial charge in [-0.1, -0.05) is 166 Å². The number of rotatable bonds is 7. The Hall–Kier alpha value is -7.42. The first-order valence-electron chi connectivity index (χ1n) is 20.4. The molecular weight excluding hydrogens is 715 g/mol. The molecule has 2 nitrogen and oxygen atoms in total. The number of nitrogens with zero attached hydrogens (tertiary/aromatic N) is 1. The Labute approximate surface area is 345 Å². The molecule has 1 aliphatic rings. The molecule has 0 radical (unpaired) electrons. The van der Waals surface area contributed by atoms with Gasteiger partial charge in [-0.25, -0.2) is 0 Å². The third-order valence-corrected chi connectivity index (χ3v) is 12.3. The summed E-state index contributed by atoms with van der Waals surface area (Å²) in [6.07, 6.45) is 0. The first-order valence-corrected chi connectivity index (χ1v) is 20.4. The Morgan fingerprint density at radius 1 is 0.339 bits per heavy atom. The van der Waals surface area contributed by atoms with E-state index in [0.717, 1.165) is 55.7 Å². The molecule has 0 amide bonds. The van der Waals surface area contributed by atoms with E-state index in [-0.39, 0.29) is 5.41 Å². The van der Waals surface area contributed by atoms with Crippen LogP contribution in [-0.4, -0.2) is 0 Å². The smallest absolute Gasteiger partial charge is 0.136 e. The van der Waals surface area contributed by atoms with E-state index in [4.69, 9.17) is 4.42 Å². The van der Waals surface area contributed by atoms with E-state index in [1.807, 2.05) is 12.1 Å². The second-order valence-electron chi connectivity index (χ2n) is 16.1. The summed E-state index contributed by atoms with van der Waals surface area (Å²) in [5.74, 6) is 0. The number of anilines is 3. The minimum Gasteiger partial charge on any atom is -0.456 e. The maximum Gasteiger partial charge on any atom is 0.136 e. The molecule has 0 saturated carbocycles. The van der Waals surface area contributed by atoms with Crippen molar-refractivity contribution in [2.45, 2.75) is 19.3 Å². The van der Waals surface area contributed by atoms with Crippen molar-refractivity contribution in [3.63, 3.8) is 0 Å². The first-order chi connectivity index (χ1) is 29.0. The fraction of sp³-hybridized carbons (Fsp3) is 0.0526. The van der Waals surface area contributed by atoms with Crippen LogP contribution in [0.25, 0.3) is 77.6 Å². The molecule has 0 unspecified atom stereocenters. The zero-order valence-electron chi connectivity index (χ0n) is 33.1. The normalized spacial score (nSPS) is 12.7. The van der Waals surface area contributed by atoms with Gasteiger partial charge in [0.05, 0.1) is 0 Å². The molecular formula is C57H41NO. The highest BCUT2D eigenvalue weighted by atomic mass is 16.3. The predicted octanol–water partition coefficient (Wildman–Crippen LogP) is 16.0. The maximum atomic E-state index is 6.24. The van der Waals surface area contributed by atoms with Gasteiger partial charge in [-0.2, -0.15) is 0 Å². The average molecular weight is 756 g/mol. The maximum absolute atomic E-state index is 6.24. The van der Waals surface area contributed by atoms with Gasteiger partial charge in [0.25, 0.3) is 0 Å². The summed E-state index contributed by atoms with van der Waals surface area (Å²) < 4.78 is 6.24. The van der Waals surface area contributed by atoms with E-state index < -0.39 is 0 Å². The van der Waals surface area contributed by atoms with Crippen molar-refractivity contribution in [1.29, 1.82) is 0 Å². The number of benzene rings is 9. The van der Waals surface area contributed by atoms with Crippen LogP contribution < -0.4 is 4.90 Å². The Balaban J connectivity index is 0.982. The van der Waals surface area contributed by atoms with Crippen molar-refractivity contribution >= 4 is 39.0 Å². The van der Waals surface area contributed by atoms with Gasteiger partial charge < -0.3 is 9.32 Å². The van der Waals surface area contributed by atoms with E-state index in [1.165, 1.54) is 50.1 Å². The molecule has 0 bridgehead atoms. The Morgan fingerprint density at radius 3 is 1.64 bits per heavy atom. The summed E-state index contributed by atoms with van der Waals surface area (Å²) in [5, 5.41) is 2.28. The SMILES string of the molecule is CC1(C)c2ccccc2-c2cc(-c3cccc(-c4cccc(N(c5ccc(-c6ccccc6)cc5)c5ccc(-c6cccc7oc8ccccc8c67)cc5)c4)c3)ccc21. The average Bonchev–Trinajstić information content (AvgIpc) is 3.79. The van der Waals surface area contributed by atoms with Crippen LogP contribution in [0, 0.1) is 0 Å². The van der Waals surface area contributed by atoms with Gasteiger partial charge in [0.2, 0.25) is 0 Å². The standard InChI is InChI=1S/C57H41NO/c1-57(2)52-22-8-6-19-49(52)51-37-44(29-34-53(51)57)42-16-10-15-41(35-42)43-17-11-18-47(36-43)58(45-30-25-39(26-31-45)38-13-4-3-5-14-38)46-32-27-40(28-33-46)48-21-12-24-55-56(48)50-20-7-9-23-54(50)59-55/h3-37H,1-2H3. The van der Waals surface area contributed by atoms with E-state index in [0.29, 0.717) is 0 Å². The molecule has 1 heterocycles. The molecule has 280 valence electrons. The molecule has 1 aromatic heterocycles. The summed E-state index contributed by atoms with van der Waals surface area (Å²) >= 11 is 0. The van der Waals surface area contributed by atoms with Crippen molar-refractivity contribution in [2.75, 3.05) is 4.90 Å². The van der Waals surface area contributed by atoms with Crippen molar-refractivity contribution in [2.24, 2.45) is 0 Å². The third kappa shape index (κ3) is 5.96. The van der Waals surface area contributed by atoms with Gasteiger partial charge in [0, 0.05) is 33.2 Å². The molecule has 59 heavy (non-hydrogen) atoms. The molecule has 0 aliphatic heterocycles. The Morgan fingerprint density at radius 2 is 0.864 bits per heavy atom. The van der Waals surface area contributed by atoms with Crippen molar-refractivity contribution in [3.05, 3.63) is 223 Å². The highest BCUT2D eigenvalue weighted by Crippen LogP contribution is 2.50. The van der Waals surface area contributed by atoms with E-state index >= 15 is 0 Å². The van der Waals surface area contributed by atoms with E-state index in [2.05, 4.69) is 219 Å². The van der Waals surface area contributed by atoms with Crippen LogP contribution in [0.3, 0.4) is 0 Å². The molecule has 1 aliphatic carbocycles. The van der Waals surface area contributed by atoms with E-state index in [1.54, 1.807) is 0 Å². The largest absolute Gasteiger partial charge is 0.456 e. The third-order valence-electron chi connectivity index (χ3n) is 12.3. The van der Waals surface area contributed by atoms with E-state index in [9.17, 15) is 0 Å². The van der Waals surface area contributed by atoms with Gasteiger partial charge in [-0.05, 0) is 127 Å². The summed E-state index contributed by atoms with van der Waals surface area (Å²) in [6, 6.07) is 76.8. The zero-order valence-corrected chi connectivity index (χ0v) is 33.1. The van der Waals surface area contributed by atoms with Crippen molar-refractivity contribution < 1.29 is 4.42 Å². The lowest BCUT2D eigenvalue weighted by Gasteiger charge is -2.26. The topological polar surface area (TPSA) is 16.4 Å². The van der Waals surface area contributed by atoms with Crippen LogP contribution in [0.4, 0.5) is 17.1 Å². The van der Waals surface area contributed by atoms with Crippen LogP contribution in [0.15, 0.2) is 217 Å². The number of hydrogen-bond donors (Lipinski definition) is 0. The highest BCUT2D eigenvalue weighted by molar-refractivity contribution is 6.12. The fourth-order valence-corrected chi connectivity index (χ4v) is 9.29. The molecule has 0 spiro atoms. The molecule has 10 aromatic rings. The predicted molar refractivity (Wildman–Crippen MR) is 248 cm³/mol. The summed E-state index contributed by atoms with van der Waals surface area (Å²) in [4.78, 5) is 2.36. The minimum absolute atomic E-state index is 0.0104. The second kappa shape index (κ2) is 13.9. The first kappa shape index (κ1) is 34.8. The highest BCUT2D eigenvalue weighted by Gasteiger charge is 2.35. The van der Waals surface area contributed by atoms with Crippen LogP contribution >= 0.6 is 0 Å². The van der Waals surface area contributed by atoms with Crippen molar-refractivity contribution in [1.82, 2.24) is 0 Å². The van der Waals surface area contributed by atoms with Crippen molar-refractivity contribution in [3.8, 4) is 55.6 Å². The lowest BCUT2D eigenvalue weighted by atomic mass is 9.82. The summed E-state index contributed by atoms with van der Waals surface area (Å²) in [7, 11) is 0. The van der Waals surface area contributed by atoms with Gasteiger partial charge >= 0.3 is 0 Å².